The minimum atomic E-state index is -0.0727. The van der Waals surface area contributed by atoms with Gasteiger partial charge in [0.15, 0.2) is 0 Å². The zero-order valence-electron chi connectivity index (χ0n) is 15.1. The van der Waals surface area contributed by atoms with Crippen LogP contribution in [0.5, 0.6) is 0 Å². The fourth-order valence-corrected chi connectivity index (χ4v) is 3.22. The van der Waals surface area contributed by atoms with Crippen LogP contribution in [0.3, 0.4) is 0 Å². The van der Waals surface area contributed by atoms with Crippen LogP contribution in [0.1, 0.15) is 55.5 Å². The molecular weight excluding hydrogens is 338 g/mol. The van der Waals surface area contributed by atoms with Gasteiger partial charge in [-0.1, -0.05) is 25.5 Å². The van der Waals surface area contributed by atoms with Crippen LogP contribution >= 0.6 is 12.4 Å². The molecule has 1 aliphatic carbocycles. The molecule has 1 saturated carbocycles. The molecule has 140 valence electrons. The average Bonchev–Trinajstić information content (AvgIpc) is 3.08. The van der Waals surface area contributed by atoms with Crippen molar-refractivity contribution in [1.29, 1.82) is 0 Å². The number of rotatable bonds is 7. The summed E-state index contributed by atoms with van der Waals surface area (Å²) in [5.41, 5.74) is 7.31. The molecule has 6 heteroatoms. The first-order valence-corrected chi connectivity index (χ1v) is 8.92. The Bertz CT molecular complexity index is 580. The normalized spacial score (nSPS) is 20.4. The van der Waals surface area contributed by atoms with Crippen LogP contribution in [0, 0.1) is 11.8 Å². The summed E-state index contributed by atoms with van der Waals surface area (Å²) in [6, 6.07) is 7.56. The van der Waals surface area contributed by atoms with E-state index in [9.17, 15) is 9.59 Å². The molecule has 0 heterocycles. The largest absolute Gasteiger partial charge is 0.352 e. The third-order valence-corrected chi connectivity index (χ3v) is 4.94. The zero-order valence-corrected chi connectivity index (χ0v) is 15.9. The summed E-state index contributed by atoms with van der Waals surface area (Å²) < 4.78 is 0. The number of nitrogens with two attached hydrogens (primary N) is 1. The second-order valence-electron chi connectivity index (χ2n) is 6.73. The van der Waals surface area contributed by atoms with Crippen molar-refractivity contribution in [3.63, 3.8) is 0 Å². The Morgan fingerprint density at radius 1 is 1.32 bits per heavy atom. The van der Waals surface area contributed by atoms with E-state index in [0.29, 0.717) is 24.6 Å². The number of hydrogen-bond acceptors (Lipinski definition) is 3. The van der Waals surface area contributed by atoms with E-state index in [1.165, 1.54) is 0 Å². The van der Waals surface area contributed by atoms with Gasteiger partial charge in [0, 0.05) is 24.1 Å². The SMILES string of the molecule is CCC(C)NC(=O)c1cccc(CNC(=O)[C@@H]2CCC[C@@H]2CN)c1.Cl. The van der Waals surface area contributed by atoms with Gasteiger partial charge in [-0.05, 0) is 56.3 Å². The van der Waals surface area contributed by atoms with E-state index < -0.39 is 0 Å². The second kappa shape index (κ2) is 10.4. The lowest BCUT2D eigenvalue weighted by molar-refractivity contribution is -0.126. The molecule has 0 spiro atoms. The van der Waals surface area contributed by atoms with Crippen LogP contribution in [0.25, 0.3) is 0 Å². The second-order valence-corrected chi connectivity index (χ2v) is 6.73. The van der Waals surface area contributed by atoms with Crippen LogP contribution in [-0.2, 0) is 11.3 Å². The van der Waals surface area contributed by atoms with E-state index in [1.807, 2.05) is 32.0 Å². The van der Waals surface area contributed by atoms with Crippen LogP contribution in [0.4, 0.5) is 0 Å². The van der Waals surface area contributed by atoms with Crippen molar-refractivity contribution in [3.8, 4) is 0 Å². The van der Waals surface area contributed by atoms with Crippen molar-refractivity contribution >= 4 is 24.2 Å². The first-order chi connectivity index (χ1) is 11.5. The summed E-state index contributed by atoms with van der Waals surface area (Å²) in [6.45, 7) is 5.03. The Labute approximate surface area is 156 Å². The smallest absolute Gasteiger partial charge is 0.251 e. The molecule has 0 radical (unpaired) electrons. The third-order valence-electron chi connectivity index (χ3n) is 4.94. The Morgan fingerprint density at radius 3 is 2.76 bits per heavy atom. The van der Waals surface area contributed by atoms with E-state index in [1.54, 1.807) is 6.07 Å². The van der Waals surface area contributed by atoms with Crippen LogP contribution in [0.2, 0.25) is 0 Å². The highest BCUT2D eigenvalue weighted by Gasteiger charge is 2.31. The van der Waals surface area contributed by atoms with Gasteiger partial charge < -0.3 is 16.4 Å². The van der Waals surface area contributed by atoms with Gasteiger partial charge in [-0.15, -0.1) is 12.4 Å². The van der Waals surface area contributed by atoms with Crippen molar-refractivity contribution in [3.05, 3.63) is 35.4 Å². The van der Waals surface area contributed by atoms with E-state index >= 15 is 0 Å². The molecule has 2 rings (SSSR count). The average molecular weight is 368 g/mol. The highest BCUT2D eigenvalue weighted by atomic mass is 35.5. The highest BCUT2D eigenvalue weighted by Crippen LogP contribution is 2.30. The Hall–Kier alpha value is -1.59. The molecule has 0 bridgehead atoms. The topological polar surface area (TPSA) is 84.2 Å². The summed E-state index contributed by atoms with van der Waals surface area (Å²) in [5, 5.41) is 5.95. The lowest BCUT2D eigenvalue weighted by Gasteiger charge is -2.17. The first kappa shape index (κ1) is 21.5. The maximum absolute atomic E-state index is 12.3. The van der Waals surface area contributed by atoms with Gasteiger partial charge in [-0.2, -0.15) is 0 Å². The Morgan fingerprint density at radius 2 is 2.08 bits per heavy atom. The predicted octanol–water partition coefficient (Wildman–Crippen LogP) is 2.63. The van der Waals surface area contributed by atoms with E-state index in [4.69, 9.17) is 5.73 Å². The molecule has 1 fully saturated rings. The quantitative estimate of drug-likeness (QED) is 0.692. The molecule has 3 atom stereocenters. The van der Waals surface area contributed by atoms with Crippen molar-refractivity contribution < 1.29 is 9.59 Å². The van der Waals surface area contributed by atoms with Crippen LogP contribution in [-0.4, -0.2) is 24.4 Å². The maximum atomic E-state index is 12.3. The molecule has 1 aromatic carbocycles. The Kier molecular flexibility index (Phi) is 8.93. The van der Waals surface area contributed by atoms with Gasteiger partial charge in [-0.25, -0.2) is 0 Å². The molecule has 1 unspecified atom stereocenters. The number of halogens is 1. The van der Waals surface area contributed by atoms with E-state index in [-0.39, 0.29) is 36.2 Å². The summed E-state index contributed by atoms with van der Waals surface area (Å²) in [4.78, 5) is 24.5. The lowest BCUT2D eigenvalue weighted by atomic mass is 9.95. The standard InChI is InChI=1S/C19H29N3O2.ClH/c1-3-13(2)22-18(23)15-7-4-6-14(10-15)12-21-19(24)17-9-5-8-16(17)11-20;/h4,6-7,10,13,16-17H,3,5,8-9,11-12,20H2,1-2H3,(H,21,24)(H,22,23);1H/t13?,16-,17-;/m1./s1. The zero-order chi connectivity index (χ0) is 17.5. The molecule has 4 N–H and O–H groups in total. The summed E-state index contributed by atoms with van der Waals surface area (Å²) in [6.07, 6.45) is 3.93. The third kappa shape index (κ3) is 6.01. The molecule has 0 aliphatic heterocycles. The van der Waals surface area contributed by atoms with Crippen molar-refractivity contribution in [1.82, 2.24) is 10.6 Å². The summed E-state index contributed by atoms with van der Waals surface area (Å²) >= 11 is 0. The van der Waals surface area contributed by atoms with Crippen molar-refractivity contribution in [2.75, 3.05) is 6.54 Å². The number of hydrogen-bond donors (Lipinski definition) is 3. The molecule has 5 nitrogen and oxygen atoms in total. The molecule has 1 aliphatic rings. The number of carbonyl (C=O) groups excluding carboxylic acids is 2. The molecule has 1 aromatic rings. The number of carbonyl (C=O) groups is 2. The minimum absolute atomic E-state index is 0. The van der Waals surface area contributed by atoms with Gasteiger partial charge in [0.1, 0.15) is 0 Å². The van der Waals surface area contributed by atoms with Crippen LogP contribution < -0.4 is 16.4 Å². The summed E-state index contributed by atoms with van der Waals surface area (Å²) in [5.74, 6) is 0.346. The number of nitrogens with one attached hydrogen (secondary N) is 2. The minimum Gasteiger partial charge on any atom is -0.352 e. The fourth-order valence-electron chi connectivity index (χ4n) is 3.22. The fraction of sp³-hybridized carbons (Fsp3) is 0.579. The van der Waals surface area contributed by atoms with Gasteiger partial charge in [-0.3, -0.25) is 9.59 Å². The van der Waals surface area contributed by atoms with Gasteiger partial charge >= 0.3 is 0 Å². The Balaban J connectivity index is 0.00000312. The molecular formula is C19H30ClN3O2. The highest BCUT2D eigenvalue weighted by molar-refractivity contribution is 5.94. The predicted molar refractivity (Wildman–Crippen MR) is 103 cm³/mol. The van der Waals surface area contributed by atoms with Crippen molar-refractivity contribution in [2.24, 2.45) is 17.6 Å². The number of amides is 2. The van der Waals surface area contributed by atoms with Gasteiger partial charge in [0.2, 0.25) is 5.91 Å². The van der Waals surface area contributed by atoms with Crippen molar-refractivity contribution in [2.45, 2.75) is 52.1 Å². The first-order valence-electron chi connectivity index (χ1n) is 8.92. The molecule has 2 amide bonds. The molecule has 25 heavy (non-hydrogen) atoms. The lowest BCUT2D eigenvalue weighted by Crippen LogP contribution is -2.35. The maximum Gasteiger partial charge on any atom is 0.251 e. The van der Waals surface area contributed by atoms with E-state index in [0.717, 1.165) is 31.2 Å². The molecule has 0 aromatic heterocycles. The monoisotopic (exact) mass is 367 g/mol. The van der Waals surface area contributed by atoms with E-state index in [2.05, 4.69) is 10.6 Å². The van der Waals surface area contributed by atoms with Gasteiger partial charge in [0.25, 0.3) is 5.91 Å². The summed E-state index contributed by atoms with van der Waals surface area (Å²) in [7, 11) is 0. The van der Waals surface area contributed by atoms with Gasteiger partial charge in [0.05, 0.1) is 0 Å². The molecule has 0 saturated heterocycles. The number of benzene rings is 1. The van der Waals surface area contributed by atoms with Crippen LogP contribution in [0.15, 0.2) is 24.3 Å².